The normalized spacial score (nSPS) is 11.1. The largest absolute Gasteiger partial charge is 0.497 e. The number of rotatable bonds is 6. The maximum Gasteiger partial charge on any atom is 0.234 e. The third kappa shape index (κ3) is 3.84. The predicted octanol–water partition coefficient (Wildman–Crippen LogP) is 3.75. The Morgan fingerprint density at radius 1 is 1.16 bits per heavy atom. The first kappa shape index (κ1) is 17.1. The van der Waals surface area contributed by atoms with Crippen molar-refractivity contribution in [3.63, 3.8) is 0 Å². The van der Waals surface area contributed by atoms with Gasteiger partial charge in [0.2, 0.25) is 5.78 Å². The Morgan fingerprint density at radius 3 is 2.68 bits per heavy atom. The molecule has 2 aromatic heterocycles. The lowest BCUT2D eigenvalue weighted by molar-refractivity contribution is 0.243. The molecule has 0 radical (unpaired) electrons. The molecule has 1 aromatic carbocycles. The van der Waals surface area contributed by atoms with E-state index in [9.17, 15) is 0 Å². The van der Waals surface area contributed by atoms with E-state index in [4.69, 9.17) is 9.47 Å². The standard InChI is InChI=1S/C19H24N4O2/c1-12(2)25-18-7-6-16(24-5)9-17(18)20-10-15-11-23-14(4)8-13(3)21-19(23)22-15/h6-9,11-12,20H,10H2,1-5H3. The zero-order valence-corrected chi connectivity index (χ0v) is 15.3. The lowest BCUT2D eigenvalue weighted by Crippen LogP contribution is -2.09. The van der Waals surface area contributed by atoms with Crippen LogP contribution in [0.5, 0.6) is 11.5 Å². The monoisotopic (exact) mass is 340 g/mol. The summed E-state index contributed by atoms with van der Waals surface area (Å²) in [7, 11) is 1.65. The van der Waals surface area contributed by atoms with E-state index >= 15 is 0 Å². The second kappa shape index (κ2) is 7.01. The number of nitrogens with zero attached hydrogens (tertiary/aromatic N) is 3. The Kier molecular flexibility index (Phi) is 4.79. The van der Waals surface area contributed by atoms with Crippen LogP contribution < -0.4 is 14.8 Å². The van der Waals surface area contributed by atoms with Gasteiger partial charge in [-0.2, -0.15) is 0 Å². The van der Waals surface area contributed by atoms with Crippen LogP contribution in [0.3, 0.4) is 0 Å². The van der Waals surface area contributed by atoms with Crippen LogP contribution >= 0.6 is 0 Å². The highest BCUT2D eigenvalue weighted by Gasteiger charge is 2.10. The Bertz CT molecular complexity index is 887. The molecule has 2 heterocycles. The van der Waals surface area contributed by atoms with E-state index in [1.165, 1.54) is 0 Å². The van der Waals surface area contributed by atoms with Crippen molar-refractivity contribution in [1.82, 2.24) is 14.4 Å². The van der Waals surface area contributed by atoms with Crippen LogP contribution in [-0.2, 0) is 6.54 Å². The first-order valence-corrected chi connectivity index (χ1v) is 8.37. The van der Waals surface area contributed by atoms with Gasteiger partial charge in [0.25, 0.3) is 0 Å². The van der Waals surface area contributed by atoms with E-state index in [2.05, 4.69) is 22.2 Å². The molecule has 0 saturated carbocycles. The molecule has 6 heteroatoms. The number of methoxy groups -OCH3 is 1. The summed E-state index contributed by atoms with van der Waals surface area (Å²) >= 11 is 0. The van der Waals surface area contributed by atoms with Crippen molar-refractivity contribution < 1.29 is 9.47 Å². The summed E-state index contributed by atoms with van der Waals surface area (Å²) in [5.74, 6) is 2.30. The van der Waals surface area contributed by atoms with Gasteiger partial charge in [-0.05, 0) is 45.9 Å². The number of aromatic nitrogens is 3. The van der Waals surface area contributed by atoms with Gasteiger partial charge in [0.1, 0.15) is 11.5 Å². The Labute approximate surface area is 147 Å². The molecule has 0 aliphatic rings. The Hall–Kier alpha value is -2.76. The summed E-state index contributed by atoms with van der Waals surface area (Å²) in [6.07, 6.45) is 2.10. The van der Waals surface area contributed by atoms with Crippen molar-refractivity contribution in [1.29, 1.82) is 0 Å². The fraction of sp³-hybridized carbons (Fsp3) is 0.368. The van der Waals surface area contributed by atoms with E-state index < -0.39 is 0 Å². The summed E-state index contributed by atoms with van der Waals surface area (Å²) in [6.45, 7) is 8.62. The summed E-state index contributed by atoms with van der Waals surface area (Å²) in [5.41, 5.74) is 3.88. The first-order valence-electron chi connectivity index (χ1n) is 8.37. The van der Waals surface area contributed by atoms with Crippen LogP contribution in [0, 0.1) is 13.8 Å². The smallest absolute Gasteiger partial charge is 0.234 e. The van der Waals surface area contributed by atoms with E-state index in [0.717, 1.165) is 40.0 Å². The molecule has 25 heavy (non-hydrogen) atoms. The van der Waals surface area contributed by atoms with E-state index in [0.29, 0.717) is 6.54 Å². The summed E-state index contributed by atoms with van der Waals surface area (Å²) in [4.78, 5) is 9.08. The average Bonchev–Trinajstić information content (AvgIpc) is 2.96. The van der Waals surface area contributed by atoms with Crippen LogP contribution in [-0.4, -0.2) is 27.6 Å². The number of imidazole rings is 1. The zero-order valence-electron chi connectivity index (χ0n) is 15.3. The number of fused-ring (bicyclic) bond motifs is 1. The number of ether oxygens (including phenoxy) is 2. The summed E-state index contributed by atoms with van der Waals surface area (Å²) < 4.78 is 13.2. The SMILES string of the molecule is COc1ccc(OC(C)C)c(NCc2cn3c(C)cc(C)nc3n2)c1. The van der Waals surface area contributed by atoms with Crippen molar-refractivity contribution in [3.8, 4) is 11.5 Å². The number of hydrogen-bond donors (Lipinski definition) is 1. The minimum Gasteiger partial charge on any atom is -0.497 e. The Balaban J connectivity index is 1.84. The molecule has 0 amide bonds. The molecule has 0 aliphatic heterocycles. The molecule has 132 valence electrons. The molecule has 6 nitrogen and oxygen atoms in total. The summed E-state index contributed by atoms with van der Waals surface area (Å²) in [6, 6.07) is 7.79. The van der Waals surface area contributed by atoms with Gasteiger partial charge in [-0.15, -0.1) is 0 Å². The van der Waals surface area contributed by atoms with Gasteiger partial charge in [-0.1, -0.05) is 0 Å². The second-order valence-electron chi connectivity index (χ2n) is 6.32. The number of benzene rings is 1. The molecule has 0 aliphatic carbocycles. The van der Waals surface area contributed by atoms with Crippen molar-refractivity contribution in [2.24, 2.45) is 0 Å². The lowest BCUT2D eigenvalue weighted by atomic mass is 10.2. The molecule has 1 N–H and O–H groups in total. The van der Waals surface area contributed by atoms with Crippen LogP contribution in [0.4, 0.5) is 5.69 Å². The summed E-state index contributed by atoms with van der Waals surface area (Å²) in [5, 5.41) is 3.40. The van der Waals surface area contributed by atoms with Crippen LogP contribution in [0.2, 0.25) is 0 Å². The van der Waals surface area contributed by atoms with Crippen LogP contribution in [0.15, 0.2) is 30.5 Å². The van der Waals surface area contributed by atoms with Gasteiger partial charge in [-0.25, -0.2) is 9.97 Å². The topological polar surface area (TPSA) is 60.7 Å². The number of nitrogens with one attached hydrogen (secondary N) is 1. The van der Waals surface area contributed by atoms with Gasteiger partial charge in [0.15, 0.2) is 0 Å². The number of hydrogen-bond acceptors (Lipinski definition) is 5. The molecule has 0 bridgehead atoms. The highest BCUT2D eigenvalue weighted by atomic mass is 16.5. The van der Waals surface area contributed by atoms with Crippen molar-refractivity contribution in [2.75, 3.05) is 12.4 Å². The molecule has 0 saturated heterocycles. The third-order valence-corrected chi connectivity index (χ3v) is 3.82. The predicted molar refractivity (Wildman–Crippen MR) is 98.5 cm³/mol. The van der Waals surface area contributed by atoms with Crippen molar-refractivity contribution in [3.05, 3.63) is 47.5 Å². The quantitative estimate of drug-likeness (QED) is 0.740. The Morgan fingerprint density at radius 2 is 1.96 bits per heavy atom. The van der Waals surface area contributed by atoms with Crippen molar-refractivity contribution in [2.45, 2.75) is 40.3 Å². The van der Waals surface area contributed by atoms with Gasteiger partial charge < -0.3 is 14.8 Å². The van der Waals surface area contributed by atoms with Gasteiger partial charge in [-0.3, -0.25) is 4.40 Å². The molecular formula is C19H24N4O2. The fourth-order valence-electron chi connectivity index (χ4n) is 2.72. The lowest BCUT2D eigenvalue weighted by Gasteiger charge is -2.16. The zero-order chi connectivity index (χ0) is 18.0. The molecule has 0 atom stereocenters. The van der Waals surface area contributed by atoms with Gasteiger partial charge >= 0.3 is 0 Å². The second-order valence-corrected chi connectivity index (χ2v) is 6.32. The van der Waals surface area contributed by atoms with Crippen LogP contribution in [0.1, 0.15) is 30.9 Å². The number of anilines is 1. The van der Waals surface area contributed by atoms with E-state index in [-0.39, 0.29) is 6.10 Å². The molecule has 0 unspecified atom stereocenters. The first-order chi connectivity index (χ1) is 12.0. The molecule has 3 rings (SSSR count). The maximum atomic E-state index is 5.87. The van der Waals surface area contributed by atoms with Gasteiger partial charge in [0, 0.05) is 23.7 Å². The minimum atomic E-state index is 0.0963. The van der Waals surface area contributed by atoms with Crippen LogP contribution in [0.25, 0.3) is 5.78 Å². The third-order valence-electron chi connectivity index (χ3n) is 3.82. The molecular weight excluding hydrogens is 316 g/mol. The minimum absolute atomic E-state index is 0.0963. The fourth-order valence-corrected chi connectivity index (χ4v) is 2.72. The maximum absolute atomic E-state index is 5.87. The van der Waals surface area contributed by atoms with Gasteiger partial charge in [0.05, 0.1) is 31.1 Å². The highest BCUT2D eigenvalue weighted by Crippen LogP contribution is 2.30. The van der Waals surface area contributed by atoms with E-state index in [1.54, 1.807) is 7.11 Å². The molecule has 3 aromatic rings. The van der Waals surface area contributed by atoms with E-state index in [1.807, 2.05) is 55.6 Å². The van der Waals surface area contributed by atoms with Crippen molar-refractivity contribution >= 4 is 11.5 Å². The molecule has 0 fully saturated rings. The highest BCUT2D eigenvalue weighted by molar-refractivity contribution is 5.60. The molecule has 0 spiro atoms. The average molecular weight is 340 g/mol. The number of aryl methyl sites for hydroxylation is 2.